The summed E-state index contributed by atoms with van der Waals surface area (Å²) in [7, 11) is 0. The maximum atomic E-state index is 12.6. The van der Waals surface area contributed by atoms with Gasteiger partial charge in [0.15, 0.2) is 0 Å². The summed E-state index contributed by atoms with van der Waals surface area (Å²) in [6.45, 7) is -1.32. The minimum Gasteiger partial charge on any atom is -0.351 e. The molecule has 1 aromatic heterocycles. The van der Waals surface area contributed by atoms with Crippen LogP contribution in [0.5, 0.6) is 0 Å². The zero-order valence-electron chi connectivity index (χ0n) is 15.1. The topological polar surface area (TPSA) is 81.9 Å². The van der Waals surface area contributed by atoms with E-state index in [9.17, 15) is 23.2 Å². The molecule has 0 radical (unpaired) electrons. The van der Waals surface area contributed by atoms with Crippen molar-refractivity contribution < 1.29 is 18.0 Å². The quantitative estimate of drug-likeness (QED) is 0.823. The van der Waals surface area contributed by atoms with Gasteiger partial charge < -0.3 is 10.2 Å². The van der Waals surface area contributed by atoms with E-state index in [2.05, 4.69) is 21.4 Å². The van der Waals surface area contributed by atoms with E-state index in [0.29, 0.717) is 35.1 Å². The van der Waals surface area contributed by atoms with Crippen molar-refractivity contribution in [2.75, 3.05) is 18.4 Å². The number of anilines is 1. The molecule has 0 spiro atoms. The number of aromatic nitrogens is 2. The zero-order chi connectivity index (χ0) is 20.8. The zero-order valence-corrected chi connectivity index (χ0v) is 15.8. The summed E-state index contributed by atoms with van der Waals surface area (Å²) in [4.78, 5) is 21.5. The molecule has 29 heavy (non-hydrogen) atoms. The fourth-order valence-electron chi connectivity index (χ4n) is 3.82. The van der Waals surface area contributed by atoms with Gasteiger partial charge in [0.1, 0.15) is 6.54 Å². The van der Waals surface area contributed by atoms with E-state index in [0.717, 1.165) is 16.0 Å². The number of hydrogen-bond donors (Lipinski definition) is 1. The van der Waals surface area contributed by atoms with E-state index in [1.54, 1.807) is 6.07 Å². The smallest absolute Gasteiger partial charge is 0.351 e. The van der Waals surface area contributed by atoms with Crippen LogP contribution in [0.3, 0.4) is 0 Å². The van der Waals surface area contributed by atoms with Crippen LogP contribution < -0.4 is 5.32 Å². The number of nitrogens with zero attached hydrogens (tertiary/aromatic N) is 4. The predicted molar refractivity (Wildman–Crippen MR) is 98.7 cm³/mol. The summed E-state index contributed by atoms with van der Waals surface area (Å²) in [5.74, 6) is -0.403. The molecule has 1 amide bonds. The number of benzene rings is 1. The fraction of sp³-hybridized carbons (Fsp3) is 0.368. The van der Waals surface area contributed by atoms with Gasteiger partial charge in [0.2, 0.25) is 5.95 Å². The van der Waals surface area contributed by atoms with Crippen molar-refractivity contribution in [1.29, 1.82) is 5.26 Å². The summed E-state index contributed by atoms with van der Waals surface area (Å²) in [6.07, 6.45) is -1.70. The van der Waals surface area contributed by atoms with Gasteiger partial charge in [-0.15, -0.1) is 0 Å². The Morgan fingerprint density at radius 2 is 2.14 bits per heavy atom. The number of nitrogens with one attached hydrogen (secondary N) is 1. The maximum absolute atomic E-state index is 12.6. The van der Waals surface area contributed by atoms with E-state index < -0.39 is 18.6 Å². The summed E-state index contributed by atoms with van der Waals surface area (Å²) < 4.78 is 37.8. The molecule has 4 rings (SSSR count). The molecule has 1 aliphatic heterocycles. The highest BCUT2D eigenvalue weighted by Crippen LogP contribution is 2.30. The van der Waals surface area contributed by atoms with Gasteiger partial charge in [-0.3, -0.25) is 4.79 Å². The molecular weight excluding hydrogens is 407 g/mol. The number of alkyl halides is 3. The standard InChI is InChI=1S/C19H15ClF3N5O/c20-12-3-10-5-13(6-14(10)11(4-12)7-24)26-18-25-8-15-16(27-18)1-2-28(17(15)29)9-19(21,22)23/h3-4,8,13H,1-2,5-6,9H2,(H,25,26,27). The van der Waals surface area contributed by atoms with Gasteiger partial charge in [-0.2, -0.15) is 18.4 Å². The fourth-order valence-corrected chi connectivity index (χ4v) is 4.06. The number of rotatable bonds is 3. The van der Waals surface area contributed by atoms with Crippen molar-refractivity contribution >= 4 is 23.5 Å². The van der Waals surface area contributed by atoms with E-state index >= 15 is 0 Å². The third kappa shape index (κ3) is 3.98. The number of amides is 1. The number of halogens is 4. The van der Waals surface area contributed by atoms with Crippen LogP contribution in [0, 0.1) is 11.3 Å². The molecule has 1 atom stereocenters. The molecule has 150 valence electrons. The third-order valence-electron chi connectivity index (χ3n) is 5.05. The number of nitriles is 1. The maximum Gasteiger partial charge on any atom is 0.406 e. The van der Waals surface area contributed by atoms with Crippen LogP contribution in [-0.4, -0.2) is 46.1 Å². The molecule has 1 aliphatic carbocycles. The Bertz CT molecular complexity index is 1030. The Kier molecular flexibility index (Phi) is 4.82. The van der Waals surface area contributed by atoms with E-state index in [-0.39, 0.29) is 24.6 Å². The number of fused-ring (bicyclic) bond motifs is 2. The van der Waals surface area contributed by atoms with Crippen LogP contribution in [0.25, 0.3) is 0 Å². The van der Waals surface area contributed by atoms with Crippen LogP contribution in [0.15, 0.2) is 18.3 Å². The first kappa shape index (κ1) is 19.5. The summed E-state index contributed by atoms with van der Waals surface area (Å²) in [5.41, 5.74) is 2.99. The third-order valence-corrected chi connectivity index (χ3v) is 5.27. The summed E-state index contributed by atoms with van der Waals surface area (Å²) in [5, 5.41) is 13.0. The average molecular weight is 422 g/mol. The lowest BCUT2D eigenvalue weighted by Crippen LogP contribution is -2.43. The lowest BCUT2D eigenvalue weighted by atomic mass is 10.0. The molecule has 6 nitrogen and oxygen atoms in total. The summed E-state index contributed by atoms with van der Waals surface area (Å²) >= 11 is 6.06. The van der Waals surface area contributed by atoms with Crippen LogP contribution in [0.1, 0.15) is 32.7 Å². The molecule has 1 unspecified atom stereocenters. The van der Waals surface area contributed by atoms with Crippen molar-refractivity contribution in [3.05, 3.63) is 51.3 Å². The van der Waals surface area contributed by atoms with Crippen LogP contribution in [0.2, 0.25) is 5.02 Å². The van der Waals surface area contributed by atoms with Gasteiger partial charge in [-0.05, 0) is 36.1 Å². The molecule has 0 saturated heterocycles. The van der Waals surface area contributed by atoms with Gasteiger partial charge in [0, 0.05) is 30.2 Å². The molecule has 1 aromatic carbocycles. The van der Waals surface area contributed by atoms with Crippen molar-refractivity contribution in [2.45, 2.75) is 31.5 Å². The summed E-state index contributed by atoms with van der Waals surface area (Å²) in [6, 6.07) is 5.58. The Balaban J connectivity index is 1.49. The Morgan fingerprint density at radius 3 is 2.86 bits per heavy atom. The highest BCUT2D eigenvalue weighted by Gasteiger charge is 2.36. The second-order valence-electron chi connectivity index (χ2n) is 7.10. The lowest BCUT2D eigenvalue weighted by Gasteiger charge is -2.28. The molecule has 0 bridgehead atoms. The minimum absolute atomic E-state index is 0.0410. The van der Waals surface area contributed by atoms with Gasteiger partial charge in [-0.1, -0.05) is 11.6 Å². The first-order chi connectivity index (χ1) is 13.7. The monoisotopic (exact) mass is 421 g/mol. The Hall–Kier alpha value is -2.86. The van der Waals surface area contributed by atoms with Crippen LogP contribution in [-0.2, 0) is 19.3 Å². The van der Waals surface area contributed by atoms with Gasteiger partial charge in [0.25, 0.3) is 5.91 Å². The van der Waals surface area contributed by atoms with Crippen molar-refractivity contribution in [3.8, 4) is 6.07 Å². The predicted octanol–water partition coefficient (Wildman–Crippen LogP) is 3.14. The second-order valence-corrected chi connectivity index (χ2v) is 7.53. The SMILES string of the molecule is N#Cc1cc(Cl)cc2c1CC(Nc1ncc3c(n1)CCN(CC(F)(F)F)C3=O)C2. The lowest BCUT2D eigenvalue weighted by molar-refractivity contribution is -0.141. The first-order valence-corrected chi connectivity index (χ1v) is 9.31. The van der Waals surface area contributed by atoms with Crippen molar-refractivity contribution in [3.63, 3.8) is 0 Å². The van der Waals surface area contributed by atoms with Crippen molar-refractivity contribution in [1.82, 2.24) is 14.9 Å². The van der Waals surface area contributed by atoms with Crippen LogP contribution in [0.4, 0.5) is 19.1 Å². The highest BCUT2D eigenvalue weighted by atomic mass is 35.5. The van der Waals surface area contributed by atoms with Crippen LogP contribution >= 0.6 is 11.6 Å². The largest absolute Gasteiger partial charge is 0.406 e. The molecule has 10 heteroatoms. The molecule has 2 aromatic rings. The molecule has 2 heterocycles. The molecule has 1 N–H and O–H groups in total. The van der Waals surface area contributed by atoms with Gasteiger partial charge >= 0.3 is 6.18 Å². The number of carbonyl (C=O) groups excluding carboxylic acids is 1. The van der Waals surface area contributed by atoms with Gasteiger partial charge in [0.05, 0.1) is 22.9 Å². The van der Waals surface area contributed by atoms with E-state index in [1.165, 1.54) is 6.20 Å². The van der Waals surface area contributed by atoms with E-state index in [4.69, 9.17) is 11.6 Å². The number of carbonyl (C=O) groups is 1. The molecular formula is C19H15ClF3N5O. The Morgan fingerprint density at radius 1 is 1.34 bits per heavy atom. The number of hydrogen-bond acceptors (Lipinski definition) is 5. The van der Waals surface area contributed by atoms with E-state index in [1.807, 2.05) is 6.07 Å². The Labute approximate surface area is 169 Å². The second kappa shape index (κ2) is 7.19. The molecule has 0 fully saturated rings. The molecule has 2 aliphatic rings. The first-order valence-electron chi connectivity index (χ1n) is 8.93. The highest BCUT2D eigenvalue weighted by molar-refractivity contribution is 6.30. The molecule has 0 saturated carbocycles. The van der Waals surface area contributed by atoms with Crippen molar-refractivity contribution in [2.24, 2.45) is 0 Å². The van der Waals surface area contributed by atoms with Gasteiger partial charge in [-0.25, -0.2) is 9.97 Å². The average Bonchev–Trinajstić information content (AvgIpc) is 3.04. The normalized spacial score (nSPS) is 18.2. The minimum atomic E-state index is -4.45.